The van der Waals surface area contributed by atoms with Gasteiger partial charge in [-0.05, 0) is 60.7 Å². The second-order valence-corrected chi connectivity index (χ2v) is 11.4. The first-order chi connectivity index (χ1) is 15.5. The second kappa shape index (κ2) is 8.56. The van der Waals surface area contributed by atoms with Gasteiger partial charge >= 0.3 is 6.18 Å². The second-order valence-electron chi connectivity index (χ2n) is 8.15. The predicted octanol–water partition coefficient (Wildman–Crippen LogP) is 5.59. The molecule has 0 saturated heterocycles. The molecule has 0 aliphatic carbocycles. The molecule has 0 bridgehead atoms. The summed E-state index contributed by atoms with van der Waals surface area (Å²) in [6.45, 7) is 3.50. The van der Waals surface area contributed by atoms with Crippen molar-refractivity contribution in [1.29, 1.82) is 0 Å². The molecular weight excluding hydrogens is 450 g/mol. The van der Waals surface area contributed by atoms with Crippen LogP contribution in [0.4, 0.5) is 30.6 Å². The fourth-order valence-electron chi connectivity index (χ4n) is 3.42. The minimum absolute atomic E-state index is 0.0207. The Balaban J connectivity index is 1.58. The van der Waals surface area contributed by atoms with Crippen molar-refractivity contribution in [3.8, 4) is 0 Å². The normalized spacial score (nSPS) is 12.2. The smallest absolute Gasteiger partial charge is 0.365 e. The van der Waals surface area contributed by atoms with Crippen molar-refractivity contribution in [2.75, 3.05) is 24.0 Å². The van der Waals surface area contributed by atoms with E-state index >= 15 is 0 Å². The van der Waals surface area contributed by atoms with Crippen LogP contribution < -0.4 is 15.9 Å². The van der Waals surface area contributed by atoms with E-state index < -0.39 is 18.9 Å². The van der Waals surface area contributed by atoms with E-state index in [1.165, 1.54) is 0 Å². The minimum Gasteiger partial charge on any atom is -0.365 e. The van der Waals surface area contributed by atoms with E-state index in [1.54, 1.807) is 37.6 Å². The summed E-state index contributed by atoms with van der Waals surface area (Å²) < 4.78 is 54.7. The number of rotatable bonds is 6. The molecule has 33 heavy (non-hydrogen) atoms. The average molecular weight is 473 g/mol. The highest BCUT2D eigenvalue weighted by Gasteiger charge is 2.35. The highest BCUT2D eigenvalue weighted by atomic mass is 31.2. The zero-order valence-corrected chi connectivity index (χ0v) is 19.2. The molecule has 4 aromatic rings. The molecule has 0 aliphatic heterocycles. The van der Waals surface area contributed by atoms with E-state index in [0.717, 1.165) is 22.7 Å². The summed E-state index contributed by atoms with van der Waals surface area (Å²) in [6, 6.07) is 14.5. The summed E-state index contributed by atoms with van der Waals surface area (Å²) >= 11 is 0. The molecule has 2 heterocycles. The quantitative estimate of drug-likeness (QED) is 0.357. The van der Waals surface area contributed by atoms with Gasteiger partial charge in [-0.3, -0.25) is 0 Å². The van der Waals surface area contributed by atoms with Crippen molar-refractivity contribution < 1.29 is 17.7 Å². The molecule has 2 N–H and O–H groups in total. The van der Waals surface area contributed by atoms with Gasteiger partial charge in [-0.1, -0.05) is 12.1 Å². The third-order valence-electron chi connectivity index (χ3n) is 5.25. The SMILES string of the molecule is Cn1ccc2ccc(CNc3nc(Nc4ccc(P(C)(C)=O)cc4)ncc3C(F)(F)F)cc21. The Bertz CT molecular complexity index is 1340. The van der Waals surface area contributed by atoms with Crippen molar-refractivity contribution in [2.24, 2.45) is 7.05 Å². The first-order valence-electron chi connectivity index (χ1n) is 10.2. The van der Waals surface area contributed by atoms with Crippen LogP contribution >= 0.6 is 7.14 Å². The number of halogens is 3. The van der Waals surface area contributed by atoms with Crippen molar-refractivity contribution >= 4 is 40.8 Å². The molecule has 0 unspecified atom stereocenters. The van der Waals surface area contributed by atoms with Crippen molar-refractivity contribution in [3.05, 3.63) is 72.1 Å². The zero-order chi connectivity index (χ0) is 23.8. The van der Waals surface area contributed by atoms with Gasteiger partial charge < -0.3 is 19.8 Å². The number of aryl methyl sites for hydroxylation is 1. The maximum Gasteiger partial charge on any atom is 0.421 e. The van der Waals surface area contributed by atoms with Gasteiger partial charge in [0.05, 0.1) is 0 Å². The van der Waals surface area contributed by atoms with Crippen LogP contribution in [0, 0.1) is 0 Å². The Morgan fingerprint density at radius 2 is 1.79 bits per heavy atom. The van der Waals surface area contributed by atoms with Gasteiger partial charge in [-0.15, -0.1) is 0 Å². The van der Waals surface area contributed by atoms with Crippen LogP contribution in [0.15, 0.2) is 60.9 Å². The van der Waals surface area contributed by atoms with Gasteiger partial charge in [0, 0.05) is 42.5 Å². The maximum atomic E-state index is 13.5. The van der Waals surface area contributed by atoms with Crippen molar-refractivity contribution in [1.82, 2.24) is 14.5 Å². The molecule has 0 spiro atoms. The van der Waals surface area contributed by atoms with E-state index in [2.05, 4.69) is 20.6 Å². The zero-order valence-electron chi connectivity index (χ0n) is 18.3. The molecule has 2 aromatic carbocycles. The van der Waals surface area contributed by atoms with Crippen LogP contribution in [-0.4, -0.2) is 27.9 Å². The molecule has 2 aromatic heterocycles. The topological polar surface area (TPSA) is 71.8 Å². The lowest BCUT2D eigenvalue weighted by Crippen LogP contribution is -2.14. The molecule has 0 radical (unpaired) electrons. The number of nitrogens with one attached hydrogen (secondary N) is 2. The van der Waals surface area contributed by atoms with Gasteiger partial charge in [0.2, 0.25) is 5.95 Å². The van der Waals surface area contributed by atoms with Crippen LogP contribution in [0.25, 0.3) is 10.9 Å². The van der Waals surface area contributed by atoms with Crippen LogP contribution in [0.1, 0.15) is 11.1 Å². The predicted molar refractivity (Wildman–Crippen MR) is 126 cm³/mol. The number of alkyl halides is 3. The summed E-state index contributed by atoms with van der Waals surface area (Å²) in [5.41, 5.74) is 1.44. The van der Waals surface area contributed by atoms with Crippen LogP contribution in [0.2, 0.25) is 0 Å². The lowest BCUT2D eigenvalue weighted by molar-refractivity contribution is -0.137. The number of hydrogen-bond acceptors (Lipinski definition) is 5. The van der Waals surface area contributed by atoms with Gasteiger partial charge in [0.25, 0.3) is 0 Å². The first kappa shape index (κ1) is 22.9. The highest BCUT2D eigenvalue weighted by Crippen LogP contribution is 2.36. The monoisotopic (exact) mass is 473 g/mol. The number of nitrogens with zero attached hydrogens (tertiary/aromatic N) is 3. The summed E-state index contributed by atoms with van der Waals surface area (Å²) in [5, 5.41) is 7.48. The molecule has 0 amide bonds. The van der Waals surface area contributed by atoms with Gasteiger partial charge in [0.1, 0.15) is 18.5 Å². The summed E-state index contributed by atoms with van der Waals surface area (Å²) in [6.07, 6.45) is -1.91. The molecule has 6 nitrogen and oxygen atoms in total. The lowest BCUT2D eigenvalue weighted by atomic mass is 10.1. The summed E-state index contributed by atoms with van der Waals surface area (Å²) in [5.74, 6) is -0.289. The molecule has 0 aliphatic rings. The minimum atomic E-state index is -4.60. The van der Waals surface area contributed by atoms with Crippen molar-refractivity contribution in [2.45, 2.75) is 12.7 Å². The number of anilines is 3. The molecule has 0 atom stereocenters. The average Bonchev–Trinajstić information content (AvgIpc) is 3.11. The summed E-state index contributed by atoms with van der Waals surface area (Å²) in [7, 11) is -0.489. The molecular formula is C23H23F3N5OP. The Hall–Kier alpha value is -3.32. The Labute approximate surface area is 189 Å². The number of aromatic nitrogens is 3. The van der Waals surface area contributed by atoms with Gasteiger partial charge in [-0.2, -0.15) is 18.2 Å². The Morgan fingerprint density at radius 3 is 2.45 bits per heavy atom. The number of fused-ring (bicyclic) bond motifs is 1. The largest absolute Gasteiger partial charge is 0.421 e. The van der Waals surface area contributed by atoms with E-state index in [-0.39, 0.29) is 18.3 Å². The third-order valence-corrected chi connectivity index (χ3v) is 6.79. The lowest BCUT2D eigenvalue weighted by Gasteiger charge is -2.15. The maximum absolute atomic E-state index is 13.5. The Kier molecular flexibility index (Phi) is 5.93. The number of hydrogen-bond donors (Lipinski definition) is 2. The van der Waals surface area contributed by atoms with E-state index in [1.807, 2.05) is 42.1 Å². The van der Waals surface area contributed by atoms with Crippen LogP contribution in [0.3, 0.4) is 0 Å². The standard InChI is InChI=1S/C23H23F3N5OP/c1-31-11-10-16-5-4-15(12-20(16)31)13-27-21-19(23(24,25)26)14-28-22(30-21)29-17-6-8-18(9-7-17)33(2,3)32/h4-12,14H,13H2,1-3H3,(H2,27,28,29,30). The number of benzene rings is 2. The fourth-order valence-corrected chi connectivity index (χ4v) is 4.29. The highest BCUT2D eigenvalue weighted by molar-refractivity contribution is 7.70. The van der Waals surface area contributed by atoms with Gasteiger partial charge in [0.15, 0.2) is 0 Å². The van der Waals surface area contributed by atoms with Crippen molar-refractivity contribution in [3.63, 3.8) is 0 Å². The molecule has 4 rings (SSSR count). The molecule has 172 valence electrons. The molecule has 10 heteroatoms. The fraction of sp³-hybridized carbons (Fsp3) is 0.217. The summed E-state index contributed by atoms with van der Waals surface area (Å²) in [4.78, 5) is 7.91. The van der Waals surface area contributed by atoms with Crippen LogP contribution in [-0.2, 0) is 24.3 Å². The van der Waals surface area contributed by atoms with E-state index in [4.69, 9.17) is 0 Å². The molecule has 0 saturated carbocycles. The molecule has 0 fully saturated rings. The first-order valence-corrected chi connectivity index (χ1v) is 12.8. The van der Waals surface area contributed by atoms with Crippen LogP contribution in [0.5, 0.6) is 0 Å². The third kappa shape index (κ3) is 5.20. The Morgan fingerprint density at radius 1 is 1.06 bits per heavy atom. The van der Waals surface area contributed by atoms with Gasteiger partial charge in [-0.25, -0.2) is 4.98 Å². The van der Waals surface area contributed by atoms with E-state index in [0.29, 0.717) is 11.0 Å². The van der Waals surface area contributed by atoms with E-state index in [9.17, 15) is 17.7 Å².